The summed E-state index contributed by atoms with van der Waals surface area (Å²) in [7, 11) is 0. The zero-order chi connectivity index (χ0) is 13.9. The number of hydrogen-bond donors (Lipinski definition) is 0. The highest BCUT2D eigenvalue weighted by atomic mass is 16.6. The first kappa shape index (κ1) is 12.2. The molecule has 5 nitrogen and oxygen atoms in total. The van der Waals surface area contributed by atoms with E-state index >= 15 is 0 Å². The van der Waals surface area contributed by atoms with Crippen LogP contribution in [0.4, 0.5) is 4.79 Å². The molecule has 1 aromatic heterocycles. The van der Waals surface area contributed by atoms with Crippen LogP contribution < -0.4 is 0 Å². The van der Waals surface area contributed by atoms with Gasteiger partial charge in [0, 0.05) is 0 Å². The molecule has 2 amide bonds. The summed E-state index contributed by atoms with van der Waals surface area (Å²) in [5, 5.41) is 0. The van der Waals surface area contributed by atoms with Crippen molar-refractivity contribution in [3.8, 4) is 0 Å². The van der Waals surface area contributed by atoms with Crippen LogP contribution in [-0.2, 0) is 16.1 Å². The van der Waals surface area contributed by atoms with Crippen molar-refractivity contribution in [2.45, 2.75) is 6.54 Å². The molecule has 2 heterocycles. The Labute approximate surface area is 115 Å². The normalized spacial score (nSPS) is 16.8. The Bertz CT molecular complexity index is 658. The topological polar surface area (TPSA) is 59.8 Å². The summed E-state index contributed by atoms with van der Waals surface area (Å²) in [6, 6.07) is 12.6. The van der Waals surface area contributed by atoms with Gasteiger partial charge in [-0.15, -0.1) is 0 Å². The molecule has 1 aliphatic rings. The fraction of sp³-hybridized carbons (Fsp3) is 0.0667. The number of cyclic esters (lactones) is 1. The second-order valence-electron chi connectivity index (χ2n) is 4.26. The van der Waals surface area contributed by atoms with Crippen LogP contribution in [0.25, 0.3) is 6.08 Å². The summed E-state index contributed by atoms with van der Waals surface area (Å²) in [6.07, 6.45) is 2.35. The zero-order valence-corrected chi connectivity index (χ0v) is 10.5. The first-order valence-electron chi connectivity index (χ1n) is 6.07. The van der Waals surface area contributed by atoms with E-state index in [9.17, 15) is 9.59 Å². The number of ether oxygens (including phenoxy) is 1. The number of nitrogens with zero attached hydrogens (tertiary/aromatic N) is 1. The molecule has 0 radical (unpaired) electrons. The third-order valence-corrected chi connectivity index (χ3v) is 2.86. The van der Waals surface area contributed by atoms with Crippen LogP contribution in [-0.4, -0.2) is 16.9 Å². The van der Waals surface area contributed by atoms with Crippen molar-refractivity contribution in [1.29, 1.82) is 0 Å². The predicted octanol–water partition coefficient (Wildman–Crippen LogP) is 2.80. The quantitative estimate of drug-likeness (QED) is 0.804. The lowest BCUT2D eigenvalue weighted by Crippen LogP contribution is -2.27. The van der Waals surface area contributed by atoms with Gasteiger partial charge in [-0.25, -0.2) is 9.69 Å². The van der Waals surface area contributed by atoms with E-state index in [0.717, 1.165) is 10.5 Å². The fourth-order valence-corrected chi connectivity index (χ4v) is 1.90. The van der Waals surface area contributed by atoms with Gasteiger partial charge in [0.1, 0.15) is 5.76 Å². The molecule has 2 aromatic rings. The zero-order valence-electron chi connectivity index (χ0n) is 10.5. The number of furan rings is 1. The predicted molar refractivity (Wildman–Crippen MR) is 70.2 cm³/mol. The Kier molecular flexibility index (Phi) is 3.09. The molecule has 20 heavy (non-hydrogen) atoms. The average Bonchev–Trinajstić information content (AvgIpc) is 3.05. The van der Waals surface area contributed by atoms with Crippen molar-refractivity contribution in [2.75, 3.05) is 0 Å². The van der Waals surface area contributed by atoms with Gasteiger partial charge >= 0.3 is 6.09 Å². The lowest BCUT2D eigenvalue weighted by atomic mass is 10.2. The molecular formula is C15H11NO4. The van der Waals surface area contributed by atoms with E-state index in [2.05, 4.69) is 0 Å². The summed E-state index contributed by atoms with van der Waals surface area (Å²) in [6.45, 7) is 0.0663. The molecule has 0 atom stereocenters. The van der Waals surface area contributed by atoms with Crippen molar-refractivity contribution in [3.05, 3.63) is 65.8 Å². The van der Waals surface area contributed by atoms with Gasteiger partial charge in [-0.05, 0) is 23.8 Å². The van der Waals surface area contributed by atoms with Crippen molar-refractivity contribution in [1.82, 2.24) is 4.90 Å². The van der Waals surface area contributed by atoms with Gasteiger partial charge in [-0.2, -0.15) is 0 Å². The van der Waals surface area contributed by atoms with Crippen LogP contribution in [0.3, 0.4) is 0 Å². The highest BCUT2D eigenvalue weighted by molar-refractivity contribution is 6.09. The van der Waals surface area contributed by atoms with E-state index in [1.165, 1.54) is 6.26 Å². The molecule has 1 fully saturated rings. The van der Waals surface area contributed by atoms with Crippen LogP contribution in [0, 0.1) is 0 Å². The highest BCUT2D eigenvalue weighted by Gasteiger charge is 2.36. The highest BCUT2D eigenvalue weighted by Crippen LogP contribution is 2.21. The minimum Gasteiger partial charge on any atom is -0.467 e. The summed E-state index contributed by atoms with van der Waals surface area (Å²) >= 11 is 0. The Balaban J connectivity index is 1.82. The van der Waals surface area contributed by atoms with Gasteiger partial charge in [0.2, 0.25) is 0 Å². The van der Waals surface area contributed by atoms with E-state index < -0.39 is 12.0 Å². The van der Waals surface area contributed by atoms with Gasteiger partial charge in [0.15, 0.2) is 5.76 Å². The van der Waals surface area contributed by atoms with Gasteiger partial charge in [-0.3, -0.25) is 4.79 Å². The number of carbonyl (C=O) groups excluding carboxylic acids is 2. The molecule has 0 N–H and O–H groups in total. The summed E-state index contributed by atoms with van der Waals surface area (Å²) in [4.78, 5) is 24.8. The first-order valence-corrected chi connectivity index (χ1v) is 6.07. The molecule has 0 bridgehead atoms. The second-order valence-corrected chi connectivity index (χ2v) is 4.26. The van der Waals surface area contributed by atoms with Crippen LogP contribution in [0.5, 0.6) is 0 Å². The maximum atomic E-state index is 12.1. The first-order chi connectivity index (χ1) is 9.74. The van der Waals surface area contributed by atoms with Gasteiger partial charge in [0.05, 0.1) is 12.8 Å². The Morgan fingerprint density at radius 2 is 1.85 bits per heavy atom. The average molecular weight is 269 g/mol. The van der Waals surface area contributed by atoms with Crippen molar-refractivity contribution in [2.24, 2.45) is 0 Å². The lowest BCUT2D eigenvalue weighted by molar-refractivity contribution is -0.123. The lowest BCUT2D eigenvalue weighted by Gasteiger charge is -2.06. The number of benzene rings is 1. The smallest absolute Gasteiger partial charge is 0.422 e. The molecule has 100 valence electrons. The van der Waals surface area contributed by atoms with E-state index in [-0.39, 0.29) is 12.3 Å². The fourth-order valence-electron chi connectivity index (χ4n) is 1.90. The molecular weight excluding hydrogens is 258 g/mol. The van der Waals surface area contributed by atoms with E-state index in [1.807, 2.05) is 30.3 Å². The third kappa shape index (κ3) is 2.33. The van der Waals surface area contributed by atoms with Gasteiger partial charge < -0.3 is 9.15 Å². The summed E-state index contributed by atoms with van der Waals surface area (Å²) in [5.74, 6) is 0.0827. The third-order valence-electron chi connectivity index (χ3n) is 2.86. The monoisotopic (exact) mass is 269 g/mol. The molecule has 5 heteroatoms. The largest absolute Gasteiger partial charge is 0.467 e. The molecule has 0 unspecified atom stereocenters. The Morgan fingerprint density at radius 3 is 2.55 bits per heavy atom. The van der Waals surface area contributed by atoms with E-state index in [4.69, 9.17) is 9.15 Å². The van der Waals surface area contributed by atoms with E-state index in [1.54, 1.807) is 18.2 Å². The minimum absolute atomic E-state index is 0.0211. The summed E-state index contributed by atoms with van der Waals surface area (Å²) < 4.78 is 10.1. The number of imide groups is 1. The van der Waals surface area contributed by atoms with Crippen LogP contribution in [0.15, 0.2) is 58.9 Å². The molecule has 1 saturated heterocycles. The van der Waals surface area contributed by atoms with Crippen LogP contribution in [0.2, 0.25) is 0 Å². The van der Waals surface area contributed by atoms with Crippen molar-refractivity contribution >= 4 is 18.1 Å². The number of rotatable bonds is 3. The molecule has 0 aliphatic carbocycles. The SMILES string of the molecule is O=C1O/C(=C\c2ccccc2)C(=O)N1Cc1ccco1. The molecule has 0 saturated carbocycles. The number of carbonyl (C=O) groups is 2. The van der Waals surface area contributed by atoms with Crippen LogP contribution >= 0.6 is 0 Å². The van der Waals surface area contributed by atoms with Gasteiger partial charge in [-0.1, -0.05) is 30.3 Å². The molecule has 1 aliphatic heterocycles. The maximum absolute atomic E-state index is 12.1. The van der Waals surface area contributed by atoms with Crippen molar-refractivity contribution < 1.29 is 18.7 Å². The summed E-state index contributed by atoms with van der Waals surface area (Å²) in [5.41, 5.74) is 0.795. The van der Waals surface area contributed by atoms with E-state index in [0.29, 0.717) is 5.76 Å². The maximum Gasteiger partial charge on any atom is 0.422 e. The molecule has 0 spiro atoms. The molecule has 1 aromatic carbocycles. The Morgan fingerprint density at radius 1 is 1.05 bits per heavy atom. The Hall–Kier alpha value is -2.82. The number of hydrogen-bond acceptors (Lipinski definition) is 4. The minimum atomic E-state index is -0.686. The standard InChI is InChI=1S/C15H11NO4/c17-14-13(9-11-5-2-1-3-6-11)20-15(18)16(14)10-12-7-4-8-19-12/h1-9H,10H2/b13-9-. The van der Waals surface area contributed by atoms with Crippen LogP contribution in [0.1, 0.15) is 11.3 Å². The number of amides is 2. The second kappa shape index (κ2) is 5.05. The van der Waals surface area contributed by atoms with Crippen molar-refractivity contribution in [3.63, 3.8) is 0 Å². The molecule has 3 rings (SSSR count). The van der Waals surface area contributed by atoms with Gasteiger partial charge in [0.25, 0.3) is 5.91 Å².